The van der Waals surface area contributed by atoms with Gasteiger partial charge in [-0.15, -0.1) is 0 Å². The summed E-state index contributed by atoms with van der Waals surface area (Å²) in [6.45, 7) is 4.07. The minimum absolute atomic E-state index is 0.361. The molecule has 0 radical (unpaired) electrons. The Balaban J connectivity index is 3.66. The predicted octanol–water partition coefficient (Wildman–Crippen LogP) is 16.8. The van der Waals surface area contributed by atoms with Gasteiger partial charge in [-0.2, -0.15) is 0 Å². The van der Waals surface area contributed by atoms with E-state index in [4.69, 9.17) is 0 Å². The average molecular weight is 917 g/mol. The fourth-order valence-corrected chi connectivity index (χ4v) is 9.01. The fraction of sp³-hybridized carbons (Fsp3) is 0.881. The van der Waals surface area contributed by atoms with E-state index in [1.54, 1.807) is 0 Å². The van der Waals surface area contributed by atoms with E-state index in [9.17, 15) is 25.2 Å². The minimum Gasteiger partial charge on any atom is -0.394 e. The van der Waals surface area contributed by atoms with Crippen LogP contribution in [-0.4, -0.2) is 57.3 Å². The molecule has 0 heterocycles. The summed E-state index contributed by atoms with van der Waals surface area (Å²) in [5.74, 6) is -0.595. The first kappa shape index (κ1) is 63.5. The van der Waals surface area contributed by atoms with Gasteiger partial charge in [0.2, 0.25) is 5.91 Å². The number of amides is 1. The lowest BCUT2D eigenvalue weighted by atomic mass is 10.00. The number of carbonyl (C=O) groups is 1. The number of allylic oxidation sites excluding steroid dienone is 6. The Hall–Kier alpha value is -1.47. The Bertz CT molecular complexity index is 1030. The van der Waals surface area contributed by atoms with Crippen LogP contribution in [0.1, 0.15) is 303 Å². The molecule has 384 valence electrons. The molecule has 0 saturated heterocycles. The van der Waals surface area contributed by atoms with Gasteiger partial charge in [-0.25, -0.2) is 0 Å². The molecule has 6 nitrogen and oxygen atoms in total. The molecular formula is C59H113NO5. The molecule has 4 unspecified atom stereocenters. The largest absolute Gasteiger partial charge is 0.394 e. The Morgan fingerprint density at radius 3 is 0.969 bits per heavy atom. The lowest BCUT2D eigenvalue weighted by molar-refractivity contribution is -0.132. The zero-order valence-corrected chi connectivity index (χ0v) is 43.5. The smallest absolute Gasteiger partial charge is 0.249 e. The van der Waals surface area contributed by atoms with Gasteiger partial charge in [0, 0.05) is 0 Å². The van der Waals surface area contributed by atoms with Gasteiger partial charge in [0.25, 0.3) is 0 Å². The van der Waals surface area contributed by atoms with E-state index >= 15 is 0 Å². The lowest BCUT2D eigenvalue weighted by Crippen LogP contribution is -2.53. The first-order valence-corrected chi connectivity index (χ1v) is 28.9. The van der Waals surface area contributed by atoms with Crippen molar-refractivity contribution in [2.75, 3.05) is 6.61 Å². The molecule has 0 saturated carbocycles. The third-order valence-corrected chi connectivity index (χ3v) is 13.6. The highest BCUT2D eigenvalue weighted by Crippen LogP contribution is 2.17. The molecule has 0 aliphatic heterocycles. The van der Waals surface area contributed by atoms with Crippen molar-refractivity contribution in [3.8, 4) is 0 Å². The van der Waals surface area contributed by atoms with Gasteiger partial charge < -0.3 is 25.7 Å². The Kier molecular flexibility index (Phi) is 52.3. The third-order valence-electron chi connectivity index (χ3n) is 13.6. The van der Waals surface area contributed by atoms with E-state index in [-0.39, 0.29) is 0 Å². The van der Waals surface area contributed by atoms with Crippen LogP contribution in [0, 0.1) is 0 Å². The number of hydrogen-bond acceptors (Lipinski definition) is 5. The molecule has 65 heavy (non-hydrogen) atoms. The molecule has 0 aromatic heterocycles. The van der Waals surface area contributed by atoms with Gasteiger partial charge in [0.1, 0.15) is 12.2 Å². The van der Waals surface area contributed by atoms with E-state index < -0.39 is 36.9 Å². The maximum Gasteiger partial charge on any atom is 0.249 e. The van der Waals surface area contributed by atoms with Crippen molar-refractivity contribution in [1.29, 1.82) is 0 Å². The summed E-state index contributed by atoms with van der Waals surface area (Å²) in [5.41, 5.74) is 0. The minimum atomic E-state index is -1.29. The molecule has 0 aliphatic rings. The SMILES string of the molecule is CCCCCCCCCCCCCC/C=C\CCCCCCCCCCCCCCC(O)C(=O)NC(CO)C(O)C(O)CCC/C=C/CC/C=C/CCCCCCCCCCCCCC. The van der Waals surface area contributed by atoms with Crippen molar-refractivity contribution in [3.05, 3.63) is 36.5 Å². The van der Waals surface area contributed by atoms with Crippen LogP contribution in [0.3, 0.4) is 0 Å². The summed E-state index contributed by atoms with van der Waals surface area (Å²) in [6, 6.07) is -1.01. The number of unbranched alkanes of at least 4 members (excludes halogenated alkanes) is 38. The van der Waals surface area contributed by atoms with Gasteiger partial charge in [0.15, 0.2) is 0 Å². The quantitative estimate of drug-likeness (QED) is 0.0308. The van der Waals surface area contributed by atoms with Crippen molar-refractivity contribution >= 4 is 5.91 Å². The van der Waals surface area contributed by atoms with Gasteiger partial charge in [-0.3, -0.25) is 4.79 Å². The second-order valence-corrected chi connectivity index (χ2v) is 20.0. The molecule has 0 fully saturated rings. The maximum atomic E-state index is 12.6. The zero-order valence-electron chi connectivity index (χ0n) is 43.5. The number of carbonyl (C=O) groups excluding carboxylic acids is 1. The van der Waals surface area contributed by atoms with Crippen molar-refractivity contribution in [2.45, 2.75) is 327 Å². The lowest BCUT2D eigenvalue weighted by Gasteiger charge is -2.27. The molecule has 0 aromatic carbocycles. The van der Waals surface area contributed by atoms with Gasteiger partial charge in [0.05, 0.1) is 18.8 Å². The summed E-state index contributed by atoms with van der Waals surface area (Å²) in [6.07, 6.45) is 66.5. The Morgan fingerprint density at radius 1 is 0.369 bits per heavy atom. The van der Waals surface area contributed by atoms with Crippen LogP contribution in [0.25, 0.3) is 0 Å². The van der Waals surface area contributed by atoms with Gasteiger partial charge in [-0.05, 0) is 77.0 Å². The summed E-state index contributed by atoms with van der Waals surface area (Å²) in [4.78, 5) is 12.6. The van der Waals surface area contributed by atoms with Crippen LogP contribution >= 0.6 is 0 Å². The van der Waals surface area contributed by atoms with Crippen molar-refractivity contribution in [2.24, 2.45) is 0 Å². The number of aliphatic hydroxyl groups excluding tert-OH is 4. The first-order chi connectivity index (χ1) is 32.0. The van der Waals surface area contributed by atoms with Crippen LogP contribution in [0.15, 0.2) is 36.5 Å². The van der Waals surface area contributed by atoms with Crippen LogP contribution in [0.2, 0.25) is 0 Å². The Labute approximate surface area is 405 Å². The van der Waals surface area contributed by atoms with Crippen molar-refractivity contribution in [3.63, 3.8) is 0 Å². The third kappa shape index (κ3) is 47.4. The predicted molar refractivity (Wildman–Crippen MR) is 284 cm³/mol. The molecule has 5 N–H and O–H groups in total. The number of hydrogen-bond donors (Lipinski definition) is 5. The van der Waals surface area contributed by atoms with E-state index in [2.05, 4.69) is 55.6 Å². The van der Waals surface area contributed by atoms with Crippen molar-refractivity contribution < 1.29 is 25.2 Å². The molecule has 0 aromatic rings. The Morgan fingerprint density at radius 2 is 0.646 bits per heavy atom. The molecular weight excluding hydrogens is 803 g/mol. The first-order valence-electron chi connectivity index (χ1n) is 28.9. The number of aliphatic hydroxyl groups is 4. The molecule has 0 spiro atoms. The summed E-state index contributed by atoms with van der Waals surface area (Å²) >= 11 is 0. The van der Waals surface area contributed by atoms with Gasteiger partial charge >= 0.3 is 0 Å². The molecule has 0 aliphatic carbocycles. The normalized spacial score (nSPS) is 14.0. The fourth-order valence-electron chi connectivity index (χ4n) is 9.01. The van der Waals surface area contributed by atoms with Gasteiger partial charge in [-0.1, -0.05) is 262 Å². The van der Waals surface area contributed by atoms with Crippen molar-refractivity contribution in [1.82, 2.24) is 5.32 Å². The van der Waals surface area contributed by atoms with Crippen LogP contribution in [0.4, 0.5) is 0 Å². The molecule has 6 heteroatoms. The monoisotopic (exact) mass is 916 g/mol. The number of nitrogens with one attached hydrogen (secondary N) is 1. The number of rotatable bonds is 53. The second kappa shape index (κ2) is 53.5. The molecule has 0 bridgehead atoms. The van der Waals surface area contributed by atoms with Crippen LogP contribution < -0.4 is 5.32 Å². The highest BCUT2D eigenvalue weighted by atomic mass is 16.3. The highest BCUT2D eigenvalue weighted by Gasteiger charge is 2.28. The average Bonchev–Trinajstić information content (AvgIpc) is 3.31. The molecule has 0 rings (SSSR count). The zero-order chi connectivity index (χ0) is 47.4. The van der Waals surface area contributed by atoms with E-state index in [0.29, 0.717) is 19.3 Å². The topological polar surface area (TPSA) is 110 Å². The second-order valence-electron chi connectivity index (χ2n) is 20.0. The summed E-state index contributed by atoms with van der Waals surface area (Å²) < 4.78 is 0. The van der Waals surface area contributed by atoms with E-state index in [1.165, 1.54) is 231 Å². The summed E-state index contributed by atoms with van der Waals surface area (Å²) in [7, 11) is 0. The van der Waals surface area contributed by atoms with Crippen LogP contribution in [-0.2, 0) is 4.79 Å². The standard InChI is InChI=1S/C59H113NO5/c1-3-5-7-9-11-13-15-17-19-21-23-25-26-27-28-29-30-31-33-35-37-39-41-43-45-47-49-51-53-57(63)59(65)60-55(54-61)58(64)56(62)52-50-48-46-44-42-40-38-36-34-32-24-22-20-18-16-14-12-10-8-6-4-2/h27-28,36,38,44,46,55-58,61-64H,3-26,29-35,37,39-43,45,47-54H2,1-2H3,(H,60,65)/b28-27-,38-36+,46-44+. The van der Waals surface area contributed by atoms with E-state index in [0.717, 1.165) is 38.5 Å². The molecule has 4 atom stereocenters. The van der Waals surface area contributed by atoms with Crippen LogP contribution in [0.5, 0.6) is 0 Å². The maximum absolute atomic E-state index is 12.6. The molecule has 1 amide bonds. The van der Waals surface area contributed by atoms with E-state index in [1.807, 2.05) is 0 Å². The summed E-state index contributed by atoms with van der Waals surface area (Å²) in [5, 5.41) is 44.0. The highest BCUT2D eigenvalue weighted by molar-refractivity contribution is 5.80.